The summed E-state index contributed by atoms with van der Waals surface area (Å²) in [6.45, 7) is 1.12. The van der Waals surface area contributed by atoms with Crippen molar-refractivity contribution in [3.8, 4) is 0 Å². The number of nitrogens with one attached hydrogen (secondary N) is 1. The monoisotopic (exact) mass is 464 g/mol. The first-order chi connectivity index (χ1) is 12.0. The van der Waals surface area contributed by atoms with Crippen LogP contribution >= 0.6 is 31.9 Å². The summed E-state index contributed by atoms with van der Waals surface area (Å²) < 4.78 is 1.70. The number of carbonyl (C=O) groups is 2. The van der Waals surface area contributed by atoms with Crippen molar-refractivity contribution in [2.24, 2.45) is 5.92 Å². The molecule has 1 aliphatic rings. The van der Waals surface area contributed by atoms with E-state index in [1.165, 1.54) is 5.56 Å². The standard InChI is InChI=1S/C19H18Br2N2O2/c20-15-6-7-16(21)17(11-15)22-19(25)14-10-18(24)23(12-14)9-8-13-4-2-1-3-5-13/h1-7,11,14H,8-10,12H2,(H,22,25). The maximum Gasteiger partial charge on any atom is 0.229 e. The molecule has 0 aliphatic carbocycles. The minimum atomic E-state index is -0.311. The number of anilines is 1. The van der Waals surface area contributed by atoms with Crippen LogP contribution in [0.5, 0.6) is 0 Å². The second kappa shape index (κ2) is 8.15. The highest BCUT2D eigenvalue weighted by Gasteiger charge is 2.34. The molecule has 1 atom stereocenters. The van der Waals surface area contributed by atoms with Crippen LogP contribution in [0, 0.1) is 5.92 Å². The molecule has 2 aromatic carbocycles. The molecule has 1 aliphatic heterocycles. The Labute approximate surface area is 163 Å². The quantitative estimate of drug-likeness (QED) is 0.717. The number of rotatable bonds is 5. The number of nitrogens with zero attached hydrogens (tertiary/aromatic N) is 1. The van der Waals surface area contributed by atoms with E-state index in [9.17, 15) is 9.59 Å². The molecule has 25 heavy (non-hydrogen) atoms. The Balaban J connectivity index is 1.58. The molecular weight excluding hydrogens is 448 g/mol. The molecule has 6 heteroatoms. The molecule has 2 aromatic rings. The van der Waals surface area contributed by atoms with Gasteiger partial charge in [-0.05, 0) is 46.1 Å². The third-order valence-electron chi connectivity index (χ3n) is 4.28. The Kier molecular flexibility index (Phi) is 5.91. The van der Waals surface area contributed by atoms with E-state index in [1.54, 1.807) is 4.90 Å². The zero-order chi connectivity index (χ0) is 17.8. The van der Waals surface area contributed by atoms with Crippen molar-refractivity contribution in [3.05, 3.63) is 63.0 Å². The van der Waals surface area contributed by atoms with Gasteiger partial charge < -0.3 is 10.2 Å². The lowest BCUT2D eigenvalue weighted by Gasteiger charge is -2.17. The molecule has 1 saturated heterocycles. The smallest absolute Gasteiger partial charge is 0.229 e. The predicted octanol–water partition coefficient (Wildman–Crippen LogP) is 4.24. The lowest BCUT2D eigenvalue weighted by Crippen LogP contribution is -2.30. The van der Waals surface area contributed by atoms with E-state index in [1.807, 2.05) is 36.4 Å². The van der Waals surface area contributed by atoms with Crippen LogP contribution in [-0.2, 0) is 16.0 Å². The summed E-state index contributed by atoms with van der Waals surface area (Å²) in [7, 11) is 0. The minimum Gasteiger partial charge on any atom is -0.342 e. The summed E-state index contributed by atoms with van der Waals surface area (Å²) in [5.41, 5.74) is 1.90. The highest BCUT2D eigenvalue weighted by atomic mass is 79.9. The number of benzene rings is 2. The molecular formula is C19H18Br2N2O2. The van der Waals surface area contributed by atoms with Crippen molar-refractivity contribution in [2.75, 3.05) is 18.4 Å². The first-order valence-corrected chi connectivity index (χ1v) is 9.69. The maximum absolute atomic E-state index is 12.5. The first kappa shape index (κ1) is 18.1. The van der Waals surface area contributed by atoms with Crippen LogP contribution in [0.15, 0.2) is 57.5 Å². The highest BCUT2D eigenvalue weighted by Crippen LogP contribution is 2.28. The van der Waals surface area contributed by atoms with Gasteiger partial charge in [0.2, 0.25) is 11.8 Å². The van der Waals surface area contributed by atoms with Gasteiger partial charge in [-0.25, -0.2) is 0 Å². The van der Waals surface area contributed by atoms with Gasteiger partial charge in [-0.2, -0.15) is 0 Å². The number of hydrogen-bond donors (Lipinski definition) is 1. The fourth-order valence-corrected chi connectivity index (χ4v) is 3.61. The molecule has 1 unspecified atom stereocenters. The van der Waals surface area contributed by atoms with Gasteiger partial charge in [0.25, 0.3) is 0 Å². The third-order valence-corrected chi connectivity index (χ3v) is 5.47. The minimum absolute atomic E-state index is 0.0457. The molecule has 0 spiro atoms. The van der Waals surface area contributed by atoms with Gasteiger partial charge in [-0.1, -0.05) is 46.3 Å². The van der Waals surface area contributed by atoms with Crippen molar-refractivity contribution in [1.29, 1.82) is 0 Å². The van der Waals surface area contributed by atoms with Gasteiger partial charge in [-0.3, -0.25) is 9.59 Å². The van der Waals surface area contributed by atoms with Crippen molar-refractivity contribution in [2.45, 2.75) is 12.8 Å². The van der Waals surface area contributed by atoms with Crippen LogP contribution in [0.1, 0.15) is 12.0 Å². The molecule has 1 fully saturated rings. The Hall–Kier alpha value is -1.66. The van der Waals surface area contributed by atoms with Gasteiger partial charge in [0.15, 0.2) is 0 Å². The average Bonchev–Trinajstić information content (AvgIpc) is 2.98. The molecule has 130 valence electrons. The summed E-state index contributed by atoms with van der Waals surface area (Å²) in [5, 5.41) is 2.91. The molecule has 0 aromatic heterocycles. The second-order valence-corrected chi connectivity index (χ2v) is 7.86. The number of halogens is 2. The number of carbonyl (C=O) groups excluding carboxylic acids is 2. The van der Waals surface area contributed by atoms with Gasteiger partial charge in [-0.15, -0.1) is 0 Å². The first-order valence-electron chi connectivity index (χ1n) is 8.10. The number of amides is 2. The zero-order valence-corrected chi connectivity index (χ0v) is 16.7. The van der Waals surface area contributed by atoms with E-state index in [4.69, 9.17) is 0 Å². The van der Waals surface area contributed by atoms with Crippen LogP contribution in [0.2, 0.25) is 0 Å². The summed E-state index contributed by atoms with van der Waals surface area (Å²) in [4.78, 5) is 26.5. The van der Waals surface area contributed by atoms with E-state index < -0.39 is 0 Å². The van der Waals surface area contributed by atoms with Crippen molar-refractivity contribution < 1.29 is 9.59 Å². The Morgan fingerprint density at radius 1 is 1.16 bits per heavy atom. The largest absolute Gasteiger partial charge is 0.342 e. The predicted molar refractivity (Wildman–Crippen MR) is 105 cm³/mol. The molecule has 0 radical (unpaired) electrons. The van der Waals surface area contributed by atoms with Crippen LogP contribution < -0.4 is 5.32 Å². The Morgan fingerprint density at radius 3 is 2.68 bits per heavy atom. The summed E-state index contributed by atoms with van der Waals surface area (Å²) in [6, 6.07) is 15.7. The zero-order valence-electron chi connectivity index (χ0n) is 13.5. The van der Waals surface area contributed by atoms with E-state index in [0.717, 1.165) is 15.4 Å². The van der Waals surface area contributed by atoms with Gasteiger partial charge >= 0.3 is 0 Å². The second-order valence-electron chi connectivity index (χ2n) is 6.09. The summed E-state index contributed by atoms with van der Waals surface area (Å²) in [6.07, 6.45) is 1.07. The summed E-state index contributed by atoms with van der Waals surface area (Å²) >= 11 is 6.83. The van der Waals surface area contributed by atoms with E-state index in [0.29, 0.717) is 18.8 Å². The normalized spacial score (nSPS) is 17.0. The Bertz CT molecular complexity index is 780. The fourth-order valence-electron chi connectivity index (χ4n) is 2.90. The number of likely N-dealkylation sites (tertiary alicyclic amines) is 1. The Morgan fingerprint density at radius 2 is 1.92 bits per heavy atom. The lowest BCUT2D eigenvalue weighted by atomic mass is 10.1. The third kappa shape index (κ3) is 4.70. The molecule has 1 heterocycles. The topological polar surface area (TPSA) is 49.4 Å². The molecule has 1 N–H and O–H groups in total. The average molecular weight is 466 g/mol. The van der Waals surface area contributed by atoms with Crippen LogP contribution in [-0.4, -0.2) is 29.8 Å². The van der Waals surface area contributed by atoms with Gasteiger partial charge in [0, 0.05) is 28.5 Å². The van der Waals surface area contributed by atoms with Crippen molar-refractivity contribution in [3.63, 3.8) is 0 Å². The lowest BCUT2D eigenvalue weighted by molar-refractivity contribution is -0.128. The molecule has 0 saturated carbocycles. The van der Waals surface area contributed by atoms with E-state index >= 15 is 0 Å². The molecule has 3 rings (SSSR count). The maximum atomic E-state index is 12.5. The highest BCUT2D eigenvalue weighted by molar-refractivity contribution is 9.11. The van der Waals surface area contributed by atoms with Gasteiger partial charge in [0.05, 0.1) is 11.6 Å². The fraction of sp³-hybridized carbons (Fsp3) is 0.263. The molecule has 0 bridgehead atoms. The van der Waals surface area contributed by atoms with Crippen LogP contribution in [0.4, 0.5) is 5.69 Å². The van der Waals surface area contributed by atoms with Crippen molar-refractivity contribution in [1.82, 2.24) is 4.90 Å². The van der Waals surface area contributed by atoms with E-state index in [-0.39, 0.29) is 24.2 Å². The number of hydrogen-bond acceptors (Lipinski definition) is 2. The van der Waals surface area contributed by atoms with Crippen LogP contribution in [0.25, 0.3) is 0 Å². The van der Waals surface area contributed by atoms with Crippen LogP contribution in [0.3, 0.4) is 0 Å². The molecule has 2 amide bonds. The summed E-state index contributed by atoms with van der Waals surface area (Å²) in [5.74, 6) is -0.382. The van der Waals surface area contributed by atoms with E-state index in [2.05, 4.69) is 49.3 Å². The van der Waals surface area contributed by atoms with Crippen molar-refractivity contribution >= 4 is 49.4 Å². The van der Waals surface area contributed by atoms with Gasteiger partial charge in [0.1, 0.15) is 0 Å². The molecule has 4 nitrogen and oxygen atoms in total. The SMILES string of the molecule is O=C(Nc1cc(Br)ccc1Br)C1CC(=O)N(CCc2ccccc2)C1.